The summed E-state index contributed by atoms with van der Waals surface area (Å²) in [5.74, 6) is -0.664. The van der Waals surface area contributed by atoms with Crippen molar-refractivity contribution in [2.45, 2.75) is 24.4 Å². The highest BCUT2D eigenvalue weighted by molar-refractivity contribution is 9.09. The number of likely N-dealkylation sites (tertiary alicyclic amines) is 1. The van der Waals surface area contributed by atoms with Crippen molar-refractivity contribution in [3.63, 3.8) is 0 Å². The van der Waals surface area contributed by atoms with Crippen molar-refractivity contribution >= 4 is 44.6 Å². The van der Waals surface area contributed by atoms with Crippen LogP contribution in [0.15, 0.2) is 77.1 Å². The molecule has 9 heteroatoms. The summed E-state index contributed by atoms with van der Waals surface area (Å²) in [6.45, 7) is 2.58. The van der Waals surface area contributed by atoms with Gasteiger partial charge in [0.05, 0.1) is 24.0 Å². The lowest BCUT2D eigenvalue weighted by atomic mass is 10.1. The second-order valence-electron chi connectivity index (χ2n) is 8.44. The summed E-state index contributed by atoms with van der Waals surface area (Å²) in [5.41, 5.74) is 3.08. The van der Waals surface area contributed by atoms with Crippen LogP contribution in [-0.4, -0.2) is 69.8 Å². The van der Waals surface area contributed by atoms with Gasteiger partial charge in [0.1, 0.15) is 12.0 Å². The predicted octanol–water partition coefficient (Wildman–Crippen LogP) is 3.59. The van der Waals surface area contributed by atoms with E-state index in [1.165, 1.54) is 0 Å². The van der Waals surface area contributed by atoms with Gasteiger partial charge in [-0.25, -0.2) is 4.79 Å². The fourth-order valence-corrected chi connectivity index (χ4v) is 6.33. The van der Waals surface area contributed by atoms with E-state index in [1.807, 2.05) is 48.5 Å². The number of ether oxygens (including phenoxy) is 2. The molecule has 182 valence electrons. The highest BCUT2D eigenvalue weighted by Crippen LogP contribution is 2.43. The maximum absolute atomic E-state index is 13.5. The molecule has 0 aliphatic carbocycles. The van der Waals surface area contributed by atoms with Gasteiger partial charge >= 0.3 is 5.97 Å². The molecule has 0 N–H and O–H groups in total. The SMILES string of the molecule is O=C(OCc1ccccc1)C(=C(CBr)N1CCOCC1)N1C(=O)C2N=C(Cc3ccccc3)SC21. The topological polar surface area (TPSA) is 71.4 Å². The number of amides is 1. The molecule has 3 heterocycles. The summed E-state index contributed by atoms with van der Waals surface area (Å²) in [6.07, 6.45) is 0.673. The second kappa shape index (κ2) is 11.0. The Bertz CT molecular complexity index is 1140. The maximum Gasteiger partial charge on any atom is 0.357 e. The Morgan fingerprint density at radius 3 is 2.37 bits per heavy atom. The number of fused-ring (bicyclic) bond motifs is 1. The van der Waals surface area contributed by atoms with E-state index in [-0.39, 0.29) is 17.9 Å². The first-order valence-corrected chi connectivity index (χ1v) is 13.6. The lowest BCUT2D eigenvalue weighted by Crippen LogP contribution is -2.61. The Morgan fingerprint density at radius 2 is 1.71 bits per heavy atom. The van der Waals surface area contributed by atoms with E-state index in [1.54, 1.807) is 16.7 Å². The van der Waals surface area contributed by atoms with Crippen LogP contribution in [0, 0.1) is 0 Å². The number of alkyl halides is 1. The molecule has 7 nitrogen and oxygen atoms in total. The number of hydrogen-bond acceptors (Lipinski definition) is 7. The Balaban J connectivity index is 1.39. The third kappa shape index (κ3) is 5.17. The van der Waals surface area contributed by atoms with Gasteiger partial charge in [0.15, 0.2) is 11.7 Å². The fraction of sp³-hybridized carbons (Fsp3) is 0.346. The number of carbonyl (C=O) groups is 2. The summed E-state index contributed by atoms with van der Waals surface area (Å²) in [5, 5.41) is 1.09. The minimum atomic E-state index is -0.501. The van der Waals surface area contributed by atoms with Crippen LogP contribution >= 0.6 is 27.7 Å². The van der Waals surface area contributed by atoms with Gasteiger partial charge in [-0.1, -0.05) is 88.4 Å². The smallest absolute Gasteiger partial charge is 0.357 e. The standard InChI is InChI=1S/C26H26BrN3O4S/c27-16-20(29-11-13-33-14-12-29)23(26(32)34-17-19-9-5-2-6-10-19)30-24(31)22-25(30)35-21(28-22)15-18-7-3-1-4-8-18/h1-10,22,25H,11-17H2. The predicted molar refractivity (Wildman–Crippen MR) is 139 cm³/mol. The fourth-order valence-electron chi connectivity index (χ4n) is 4.38. The lowest BCUT2D eigenvalue weighted by Gasteiger charge is -2.43. The number of nitrogens with zero attached hydrogens (tertiary/aromatic N) is 3. The van der Waals surface area contributed by atoms with Gasteiger partial charge in [-0.2, -0.15) is 0 Å². The maximum atomic E-state index is 13.5. The second-order valence-corrected chi connectivity index (χ2v) is 10.2. The van der Waals surface area contributed by atoms with Crippen molar-refractivity contribution in [1.29, 1.82) is 0 Å². The van der Waals surface area contributed by atoms with E-state index in [9.17, 15) is 9.59 Å². The normalized spacial score (nSPS) is 22.2. The van der Waals surface area contributed by atoms with E-state index < -0.39 is 12.0 Å². The summed E-state index contributed by atoms with van der Waals surface area (Å²) in [7, 11) is 0. The van der Waals surface area contributed by atoms with Crippen molar-refractivity contribution < 1.29 is 19.1 Å². The number of benzene rings is 2. The number of rotatable bonds is 8. The van der Waals surface area contributed by atoms with Crippen molar-refractivity contribution in [2.24, 2.45) is 4.99 Å². The third-order valence-electron chi connectivity index (χ3n) is 6.19. The molecular weight excluding hydrogens is 530 g/mol. The zero-order valence-corrected chi connectivity index (χ0v) is 21.5. The monoisotopic (exact) mass is 555 g/mol. The number of thioether (sulfide) groups is 1. The van der Waals surface area contributed by atoms with E-state index >= 15 is 0 Å². The van der Waals surface area contributed by atoms with E-state index in [4.69, 9.17) is 9.47 Å². The van der Waals surface area contributed by atoms with Crippen molar-refractivity contribution in [1.82, 2.24) is 9.80 Å². The van der Waals surface area contributed by atoms with Crippen LogP contribution in [-0.2, 0) is 32.1 Å². The lowest BCUT2D eigenvalue weighted by molar-refractivity contribution is -0.151. The number of esters is 1. The van der Waals surface area contributed by atoms with Gasteiger partial charge in [-0.15, -0.1) is 0 Å². The van der Waals surface area contributed by atoms with Crippen LogP contribution in [0.2, 0.25) is 0 Å². The highest BCUT2D eigenvalue weighted by atomic mass is 79.9. The molecule has 2 atom stereocenters. The highest BCUT2D eigenvalue weighted by Gasteiger charge is 2.55. The Morgan fingerprint density at radius 1 is 1.06 bits per heavy atom. The van der Waals surface area contributed by atoms with Crippen LogP contribution < -0.4 is 0 Å². The number of hydrogen-bond donors (Lipinski definition) is 0. The summed E-state index contributed by atoms with van der Waals surface area (Å²) < 4.78 is 11.2. The van der Waals surface area contributed by atoms with Gasteiger partial charge in [0.25, 0.3) is 5.91 Å². The van der Waals surface area contributed by atoms with E-state index in [0.717, 1.165) is 21.9 Å². The molecule has 0 aromatic heterocycles. The van der Waals surface area contributed by atoms with Gasteiger partial charge < -0.3 is 14.4 Å². The van der Waals surface area contributed by atoms with Gasteiger partial charge in [-0.3, -0.25) is 14.7 Å². The van der Waals surface area contributed by atoms with Crippen LogP contribution in [0.3, 0.4) is 0 Å². The molecule has 35 heavy (non-hydrogen) atoms. The molecule has 2 saturated heterocycles. The first-order valence-electron chi connectivity index (χ1n) is 11.6. The number of allylic oxidation sites excluding steroid dienone is 1. The van der Waals surface area contributed by atoms with Crippen molar-refractivity contribution in [2.75, 3.05) is 31.6 Å². The first-order chi connectivity index (χ1) is 17.2. The van der Waals surface area contributed by atoms with Gasteiger partial charge in [0.2, 0.25) is 0 Å². The third-order valence-corrected chi connectivity index (χ3v) is 7.96. The Labute approximate surface area is 217 Å². The van der Waals surface area contributed by atoms with E-state index in [0.29, 0.717) is 43.8 Å². The zero-order valence-electron chi connectivity index (χ0n) is 19.1. The average molecular weight is 556 g/mol. The molecule has 2 aromatic rings. The minimum Gasteiger partial charge on any atom is -0.456 e. The molecule has 0 bridgehead atoms. The van der Waals surface area contributed by atoms with Crippen molar-refractivity contribution in [3.8, 4) is 0 Å². The molecule has 0 spiro atoms. The number of halogens is 1. The molecule has 5 rings (SSSR count). The van der Waals surface area contributed by atoms with Crippen LogP contribution in [0.25, 0.3) is 0 Å². The quantitative estimate of drug-likeness (QED) is 0.214. The summed E-state index contributed by atoms with van der Waals surface area (Å²) >= 11 is 5.12. The molecule has 0 saturated carbocycles. The first kappa shape index (κ1) is 24.1. The average Bonchev–Trinajstić information content (AvgIpc) is 3.27. The molecule has 3 aliphatic heterocycles. The van der Waals surface area contributed by atoms with E-state index in [2.05, 4.69) is 38.0 Å². The number of morpholine rings is 1. The number of aliphatic imine (C=N–C) groups is 1. The molecule has 1 amide bonds. The van der Waals surface area contributed by atoms with Gasteiger partial charge in [-0.05, 0) is 11.1 Å². The number of β-lactam (4-membered cyclic amide) rings is 1. The Hall–Kier alpha value is -2.62. The Kier molecular flexibility index (Phi) is 7.55. The molecule has 2 unspecified atom stereocenters. The summed E-state index contributed by atoms with van der Waals surface area (Å²) in [4.78, 5) is 35.1. The molecule has 2 aromatic carbocycles. The minimum absolute atomic E-state index is 0.140. The van der Waals surface area contributed by atoms with Crippen molar-refractivity contribution in [3.05, 3.63) is 83.2 Å². The van der Waals surface area contributed by atoms with Crippen LogP contribution in [0.1, 0.15) is 11.1 Å². The van der Waals surface area contributed by atoms with Crippen LogP contribution in [0.5, 0.6) is 0 Å². The molecule has 0 radical (unpaired) electrons. The summed E-state index contributed by atoms with van der Waals surface area (Å²) in [6, 6.07) is 19.2. The van der Waals surface area contributed by atoms with Gasteiger partial charge in [0, 0.05) is 24.8 Å². The van der Waals surface area contributed by atoms with Crippen LogP contribution in [0.4, 0.5) is 0 Å². The molecule has 3 aliphatic rings. The number of carbonyl (C=O) groups excluding carboxylic acids is 2. The molecular formula is C26H26BrN3O4S. The molecule has 2 fully saturated rings. The largest absolute Gasteiger partial charge is 0.456 e. The zero-order chi connectivity index (χ0) is 24.2.